The Balaban J connectivity index is 1.30. The number of nitrogens with zero attached hydrogens (tertiary/aromatic N) is 1. The van der Waals surface area contributed by atoms with Gasteiger partial charge in [-0.2, -0.15) is 26.3 Å². The number of carbonyl (C=O) groups excluding carboxylic acids is 1. The first-order chi connectivity index (χ1) is 16.5. The minimum absolute atomic E-state index is 0.118. The maximum absolute atomic E-state index is 12.7. The standard InChI is InChI=1S/C24H23F6N3O2/c25-23(26,27)8-9-33-13-16(14-33)22(34)32-21-12-31-20-6-5-18(11-19(20)21)35-10-7-15-1-3-17(4-2-15)24(28,29)30/h1-6,11-12,16,31H,7-10,13-14H2,(H,32,34). The van der Waals surface area contributed by atoms with Crippen LogP contribution < -0.4 is 10.1 Å². The van der Waals surface area contributed by atoms with Crippen LogP contribution >= 0.6 is 0 Å². The number of anilines is 1. The van der Waals surface area contributed by atoms with Gasteiger partial charge in [-0.05, 0) is 35.9 Å². The number of amides is 1. The number of H-pyrrole nitrogens is 1. The normalized spacial score (nSPS) is 15.3. The molecule has 11 heteroatoms. The fraction of sp³-hybridized carbons (Fsp3) is 0.375. The van der Waals surface area contributed by atoms with E-state index in [0.29, 0.717) is 28.8 Å². The van der Waals surface area contributed by atoms with Gasteiger partial charge in [-0.3, -0.25) is 4.79 Å². The lowest BCUT2D eigenvalue weighted by atomic mass is 9.98. The molecule has 1 aromatic heterocycles. The van der Waals surface area contributed by atoms with Crippen LogP contribution in [0.5, 0.6) is 5.75 Å². The van der Waals surface area contributed by atoms with Crippen molar-refractivity contribution in [3.05, 3.63) is 59.8 Å². The molecule has 0 saturated carbocycles. The second-order valence-electron chi connectivity index (χ2n) is 8.51. The van der Waals surface area contributed by atoms with E-state index in [1.54, 1.807) is 29.3 Å². The Morgan fingerprint density at radius 3 is 2.43 bits per heavy atom. The summed E-state index contributed by atoms with van der Waals surface area (Å²) >= 11 is 0. The summed E-state index contributed by atoms with van der Waals surface area (Å²) in [5.41, 5.74) is 1.30. The van der Waals surface area contributed by atoms with Crippen LogP contribution in [0.25, 0.3) is 10.9 Å². The molecule has 1 aliphatic heterocycles. The van der Waals surface area contributed by atoms with Crippen molar-refractivity contribution in [3.63, 3.8) is 0 Å². The number of carbonyl (C=O) groups is 1. The molecular formula is C24H23F6N3O2. The molecule has 3 aromatic rings. The van der Waals surface area contributed by atoms with Crippen molar-refractivity contribution >= 4 is 22.5 Å². The summed E-state index contributed by atoms with van der Waals surface area (Å²) in [5.74, 6) is -0.111. The maximum Gasteiger partial charge on any atom is 0.416 e. The van der Waals surface area contributed by atoms with E-state index in [1.165, 1.54) is 12.1 Å². The summed E-state index contributed by atoms with van der Waals surface area (Å²) in [6, 6.07) is 10.2. The highest BCUT2D eigenvalue weighted by atomic mass is 19.4. The second-order valence-corrected chi connectivity index (χ2v) is 8.51. The van der Waals surface area contributed by atoms with Gasteiger partial charge < -0.3 is 19.9 Å². The molecule has 188 valence electrons. The minimum Gasteiger partial charge on any atom is -0.493 e. The van der Waals surface area contributed by atoms with E-state index in [9.17, 15) is 31.1 Å². The summed E-state index contributed by atoms with van der Waals surface area (Å²) in [6.07, 6.45) is -7.44. The number of likely N-dealkylation sites (tertiary alicyclic amines) is 1. The molecule has 0 unspecified atom stereocenters. The molecule has 0 spiro atoms. The molecule has 1 saturated heterocycles. The Morgan fingerprint density at radius 1 is 1.06 bits per heavy atom. The highest BCUT2D eigenvalue weighted by Crippen LogP contribution is 2.30. The topological polar surface area (TPSA) is 57.4 Å². The third kappa shape index (κ3) is 6.47. The number of benzene rings is 2. The van der Waals surface area contributed by atoms with E-state index < -0.39 is 24.3 Å². The summed E-state index contributed by atoms with van der Waals surface area (Å²) < 4.78 is 80.7. The number of alkyl halides is 6. The lowest BCUT2D eigenvalue weighted by Gasteiger charge is -2.38. The summed E-state index contributed by atoms with van der Waals surface area (Å²) in [7, 11) is 0. The number of aromatic amines is 1. The van der Waals surface area contributed by atoms with Crippen molar-refractivity contribution in [2.75, 3.05) is 31.6 Å². The molecule has 0 radical (unpaired) electrons. The summed E-state index contributed by atoms with van der Waals surface area (Å²) in [5, 5.41) is 3.53. The average molecular weight is 499 g/mol. The van der Waals surface area contributed by atoms with Crippen LogP contribution in [0.4, 0.5) is 32.0 Å². The van der Waals surface area contributed by atoms with Gasteiger partial charge in [0.1, 0.15) is 5.75 Å². The van der Waals surface area contributed by atoms with Gasteiger partial charge in [0.2, 0.25) is 5.91 Å². The summed E-state index contributed by atoms with van der Waals surface area (Å²) in [6.45, 7) is 0.692. The first kappa shape index (κ1) is 24.9. The van der Waals surface area contributed by atoms with Crippen molar-refractivity contribution in [2.45, 2.75) is 25.2 Å². The second kappa shape index (κ2) is 9.80. The smallest absolute Gasteiger partial charge is 0.416 e. The lowest BCUT2D eigenvalue weighted by Crippen LogP contribution is -2.52. The Kier molecular flexibility index (Phi) is 6.98. The number of ether oxygens (including phenoxy) is 1. The van der Waals surface area contributed by atoms with E-state index in [1.807, 2.05) is 0 Å². The first-order valence-corrected chi connectivity index (χ1v) is 11.0. The molecule has 1 fully saturated rings. The van der Waals surface area contributed by atoms with Crippen LogP contribution in [0.2, 0.25) is 0 Å². The quantitative estimate of drug-likeness (QED) is 0.395. The zero-order valence-corrected chi connectivity index (χ0v) is 18.5. The maximum atomic E-state index is 12.7. The fourth-order valence-electron chi connectivity index (χ4n) is 3.88. The van der Waals surface area contributed by atoms with Crippen molar-refractivity contribution < 1.29 is 35.9 Å². The Bertz CT molecular complexity index is 1160. The van der Waals surface area contributed by atoms with Crippen molar-refractivity contribution in [3.8, 4) is 5.75 Å². The number of halogens is 6. The van der Waals surface area contributed by atoms with Crippen LogP contribution in [-0.2, 0) is 17.4 Å². The van der Waals surface area contributed by atoms with Gasteiger partial charge in [0, 0.05) is 43.2 Å². The molecule has 0 atom stereocenters. The highest BCUT2D eigenvalue weighted by Gasteiger charge is 2.36. The number of hydrogen-bond donors (Lipinski definition) is 2. The van der Waals surface area contributed by atoms with Crippen molar-refractivity contribution in [1.29, 1.82) is 0 Å². The molecular weight excluding hydrogens is 476 g/mol. The molecule has 2 aromatic carbocycles. The predicted octanol–water partition coefficient (Wildman–Crippen LogP) is 5.63. The van der Waals surface area contributed by atoms with Crippen LogP contribution in [0.15, 0.2) is 48.7 Å². The van der Waals surface area contributed by atoms with Gasteiger partial charge in [-0.1, -0.05) is 12.1 Å². The molecule has 35 heavy (non-hydrogen) atoms. The molecule has 1 aliphatic rings. The fourth-order valence-corrected chi connectivity index (χ4v) is 3.88. The van der Waals surface area contributed by atoms with Gasteiger partial charge in [-0.15, -0.1) is 0 Å². The zero-order chi connectivity index (χ0) is 25.2. The van der Waals surface area contributed by atoms with E-state index >= 15 is 0 Å². The van der Waals surface area contributed by atoms with Gasteiger partial charge in [0.25, 0.3) is 0 Å². The molecule has 2 heterocycles. The first-order valence-electron chi connectivity index (χ1n) is 11.0. The number of aromatic nitrogens is 1. The molecule has 0 bridgehead atoms. The predicted molar refractivity (Wildman–Crippen MR) is 118 cm³/mol. The van der Waals surface area contributed by atoms with Gasteiger partial charge in [0.05, 0.1) is 30.2 Å². The number of hydrogen-bond acceptors (Lipinski definition) is 3. The Labute approximate surface area is 197 Å². The molecule has 2 N–H and O–H groups in total. The Morgan fingerprint density at radius 2 is 1.77 bits per heavy atom. The van der Waals surface area contributed by atoms with E-state index in [0.717, 1.165) is 17.6 Å². The SMILES string of the molecule is O=C(Nc1c[nH]c2ccc(OCCc3ccc(C(F)(F)F)cc3)cc12)C1CN(CCC(F)(F)F)C1. The van der Waals surface area contributed by atoms with Crippen molar-refractivity contribution in [2.24, 2.45) is 5.92 Å². The van der Waals surface area contributed by atoms with Gasteiger partial charge >= 0.3 is 12.4 Å². The molecule has 4 rings (SSSR count). The monoisotopic (exact) mass is 499 g/mol. The lowest BCUT2D eigenvalue weighted by molar-refractivity contribution is -0.143. The Hall–Kier alpha value is -3.21. The third-order valence-corrected chi connectivity index (χ3v) is 5.89. The van der Waals surface area contributed by atoms with Gasteiger partial charge in [-0.25, -0.2) is 0 Å². The van der Waals surface area contributed by atoms with Crippen LogP contribution in [0.3, 0.4) is 0 Å². The number of nitrogens with one attached hydrogen (secondary N) is 2. The minimum atomic E-state index is -4.38. The van der Waals surface area contributed by atoms with Crippen LogP contribution in [0, 0.1) is 5.92 Å². The van der Waals surface area contributed by atoms with E-state index in [2.05, 4.69) is 10.3 Å². The number of fused-ring (bicyclic) bond motifs is 1. The van der Waals surface area contributed by atoms with E-state index in [-0.39, 0.29) is 38.1 Å². The highest BCUT2D eigenvalue weighted by molar-refractivity contribution is 6.03. The molecule has 5 nitrogen and oxygen atoms in total. The van der Waals surface area contributed by atoms with Crippen LogP contribution in [0.1, 0.15) is 17.5 Å². The van der Waals surface area contributed by atoms with E-state index in [4.69, 9.17) is 4.74 Å². The average Bonchev–Trinajstić information content (AvgIpc) is 3.13. The van der Waals surface area contributed by atoms with Crippen LogP contribution in [-0.4, -0.2) is 48.2 Å². The molecule has 1 amide bonds. The van der Waals surface area contributed by atoms with Crippen molar-refractivity contribution in [1.82, 2.24) is 9.88 Å². The summed E-state index contributed by atoms with van der Waals surface area (Å²) in [4.78, 5) is 17.1. The zero-order valence-electron chi connectivity index (χ0n) is 18.5. The number of rotatable bonds is 8. The molecule has 0 aliphatic carbocycles. The largest absolute Gasteiger partial charge is 0.493 e. The third-order valence-electron chi connectivity index (χ3n) is 5.89. The van der Waals surface area contributed by atoms with Gasteiger partial charge in [0.15, 0.2) is 0 Å².